The highest BCUT2D eigenvalue weighted by atomic mass is 16.5. The highest BCUT2D eigenvalue weighted by Crippen LogP contribution is 2.40. The Labute approximate surface area is 138 Å². The van der Waals surface area contributed by atoms with E-state index >= 15 is 0 Å². The van der Waals surface area contributed by atoms with Gasteiger partial charge in [0.2, 0.25) is 0 Å². The Hall–Kier alpha value is -1.84. The van der Waals surface area contributed by atoms with Gasteiger partial charge in [-0.2, -0.15) is 0 Å². The Morgan fingerprint density at radius 2 is 1.70 bits per heavy atom. The first-order valence-corrected chi connectivity index (χ1v) is 8.18. The number of hydrogen-bond donors (Lipinski definition) is 2. The monoisotopic (exact) mass is 314 g/mol. The summed E-state index contributed by atoms with van der Waals surface area (Å²) in [5, 5.41) is 21.7. The molecule has 0 saturated carbocycles. The fourth-order valence-corrected chi connectivity index (χ4v) is 2.95. The third-order valence-electron chi connectivity index (χ3n) is 4.43. The average Bonchev–Trinajstić information content (AvgIpc) is 2.59. The van der Waals surface area contributed by atoms with Crippen LogP contribution in [0.25, 0.3) is 0 Å². The van der Waals surface area contributed by atoms with Gasteiger partial charge in [-0.25, -0.2) is 0 Å². The van der Waals surface area contributed by atoms with Crippen LogP contribution in [0, 0.1) is 0 Å². The molecule has 0 heterocycles. The number of ether oxygens (including phenoxy) is 1. The molecular formula is C20H26O3. The van der Waals surface area contributed by atoms with E-state index in [-0.39, 0.29) is 0 Å². The molecule has 23 heavy (non-hydrogen) atoms. The van der Waals surface area contributed by atoms with E-state index in [1.54, 1.807) is 18.2 Å². The smallest absolute Gasteiger partial charge is 0.200 e. The van der Waals surface area contributed by atoms with Crippen molar-refractivity contribution in [1.82, 2.24) is 0 Å². The zero-order chi connectivity index (χ0) is 16.9. The van der Waals surface area contributed by atoms with Crippen molar-refractivity contribution in [3.8, 4) is 5.75 Å². The first kappa shape index (κ1) is 17.5. The molecule has 3 heteroatoms. The van der Waals surface area contributed by atoms with Crippen molar-refractivity contribution < 1.29 is 14.9 Å². The highest BCUT2D eigenvalue weighted by molar-refractivity contribution is 5.41. The quantitative estimate of drug-likeness (QED) is 0.760. The van der Waals surface area contributed by atoms with Gasteiger partial charge in [0.1, 0.15) is 5.75 Å². The lowest BCUT2D eigenvalue weighted by atomic mass is 9.83. The van der Waals surface area contributed by atoms with Crippen molar-refractivity contribution in [2.75, 3.05) is 7.11 Å². The van der Waals surface area contributed by atoms with Crippen molar-refractivity contribution in [2.24, 2.45) is 0 Å². The molecule has 2 aromatic rings. The van der Waals surface area contributed by atoms with Gasteiger partial charge >= 0.3 is 0 Å². The lowest BCUT2D eigenvalue weighted by Gasteiger charge is -2.31. The first-order chi connectivity index (χ1) is 11.0. The normalized spacial score (nSPS) is 12.9. The lowest BCUT2D eigenvalue weighted by Crippen LogP contribution is -2.32. The molecule has 2 rings (SSSR count). The van der Waals surface area contributed by atoms with Gasteiger partial charge in [0.15, 0.2) is 5.79 Å². The van der Waals surface area contributed by atoms with E-state index in [9.17, 15) is 10.2 Å². The molecule has 0 fully saturated rings. The minimum atomic E-state index is -1.99. The second-order valence-electron chi connectivity index (χ2n) is 5.95. The van der Waals surface area contributed by atoms with Crippen LogP contribution in [0.1, 0.15) is 49.3 Å². The number of unbranched alkanes of at least 4 members (excludes halogenated alkanes) is 1. The Balaban J connectivity index is 2.40. The van der Waals surface area contributed by atoms with Gasteiger partial charge in [0, 0.05) is 5.92 Å². The minimum Gasteiger partial charge on any atom is -0.496 e. The van der Waals surface area contributed by atoms with Gasteiger partial charge < -0.3 is 14.9 Å². The van der Waals surface area contributed by atoms with Crippen molar-refractivity contribution in [1.29, 1.82) is 0 Å². The lowest BCUT2D eigenvalue weighted by molar-refractivity contribution is -0.186. The van der Waals surface area contributed by atoms with Crippen LogP contribution in [0.4, 0.5) is 0 Å². The maximum absolute atomic E-state index is 10.8. The molecule has 1 atom stereocenters. The summed E-state index contributed by atoms with van der Waals surface area (Å²) >= 11 is 0. The van der Waals surface area contributed by atoms with Crippen LogP contribution < -0.4 is 4.74 Å². The molecule has 0 radical (unpaired) electrons. The third-order valence-corrected chi connectivity index (χ3v) is 4.43. The predicted molar refractivity (Wildman–Crippen MR) is 92.6 cm³/mol. The molecule has 1 unspecified atom stereocenters. The zero-order valence-electron chi connectivity index (χ0n) is 14.1. The van der Waals surface area contributed by atoms with Gasteiger partial charge in [-0.1, -0.05) is 56.7 Å². The SMILES string of the molecule is CCCCc1ccccc1C(C)C(O)(O)c1ccccc1OC. The molecule has 0 amide bonds. The summed E-state index contributed by atoms with van der Waals surface area (Å²) in [6.45, 7) is 4.00. The number of benzene rings is 2. The van der Waals surface area contributed by atoms with Crippen LogP contribution in [0.5, 0.6) is 5.75 Å². The Morgan fingerprint density at radius 1 is 1.04 bits per heavy atom. The molecular weight excluding hydrogens is 288 g/mol. The maximum atomic E-state index is 10.8. The van der Waals surface area contributed by atoms with Crippen LogP contribution in [0.3, 0.4) is 0 Å². The highest BCUT2D eigenvalue weighted by Gasteiger charge is 2.37. The molecule has 0 spiro atoms. The molecule has 0 aliphatic heterocycles. The van der Waals surface area contributed by atoms with Crippen molar-refractivity contribution >= 4 is 0 Å². The summed E-state index contributed by atoms with van der Waals surface area (Å²) < 4.78 is 5.29. The average molecular weight is 314 g/mol. The number of para-hydroxylation sites is 1. The molecule has 3 nitrogen and oxygen atoms in total. The summed E-state index contributed by atoms with van der Waals surface area (Å²) in [6, 6.07) is 15.0. The number of hydrogen-bond acceptors (Lipinski definition) is 3. The zero-order valence-corrected chi connectivity index (χ0v) is 14.1. The fourth-order valence-electron chi connectivity index (χ4n) is 2.95. The van der Waals surface area contributed by atoms with Crippen LogP contribution in [0.15, 0.2) is 48.5 Å². The van der Waals surface area contributed by atoms with E-state index in [1.165, 1.54) is 12.7 Å². The molecule has 0 bridgehead atoms. The van der Waals surface area contributed by atoms with Crippen LogP contribution in [-0.2, 0) is 12.2 Å². The molecule has 124 valence electrons. The number of aryl methyl sites for hydroxylation is 1. The van der Waals surface area contributed by atoms with Crippen LogP contribution >= 0.6 is 0 Å². The molecule has 2 aromatic carbocycles. The Bertz CT molecular complexity index is 634. The van der Waals surface area contributed by atoms with Crippen molar-refractivity contribution in [2.45, 2.75) is 44.8 Å². The summed E-state index contributed by atoms with van der Waals surface area (Å²) in [5.41, 5.74) is 2.53. The number of rotatable bonds is 7. The van der Waals surface area contributed by atoms with Crippen LogP contribution in [-0.4, -0.2) is 17.3 Å². The van der Waals surface area contributed by atoms with E-state index in [0.717, 1.165) is 24.8 Å². The molecule has 2 N–H and O–H groups in total. The van der Waals surface area contributed by atoms with E-state index < -0.39 is 11.7 Å². The van der Waals surface area contributed by atoms with E-state index in [4.69, 9.17) is 4.74 Å². The van der Waals surface area contributed by atoms with Gasteiger partial charge in [0.25, 0.3) is 0 Å². The van der Waals surface area contributed by atoms with Gasteiger partial charge in [-0.3, -0.25) is 0 Å². The first-order valence-electron chi connectivity index (χ1n) is 8.18. The van der Waals surface area contributed by atoms with E-state index in [2.05, 4.69) is 13.0 Å². The summed E-state index contributed by atoms with van der Waals surface area (Å²) in [6.07, 6.45) is 3.14. The number of methoxy groups -OCH3 is 1. The maximum Gasteiger partial charge on any atom is 0.200 e. The number of aliphatic hydroxyl groups is 2. The van der Waals surface area contributed by atoms with E-state index in [0.29, 0.717) is 11.3 Å². The molecule has 0 aliphatic rings. The Morgan fingerprint density at radius 3 is 2.39 bits per heavy atom. The molecule has 0 aromatic heterocycles. The van der Waals surface area contributed by atoms with Crippen LogP contribution in [0.2, 0.25) is 0 Å². The fraction of sp³-hybridized carbons (Fsp3) is 0.400. The minimum absolute atomic E-state index is 0.389. The topological polar surface area (TPSA) is 49.7 Å². The largest absolute Gasteiger partial charge is 0.496 e. The summed E-state index contributed by atoms with van der Waals surface area (Å²) in [4.78, 5) is 0. The van der Waals surface area contributed by atoms with Crippen molar-refractivity contribution in [3.05, 3.63) is 65.2 Å². The van der Waals surface area contributed by atoms with Gasteiger partial charge in [-0.15, -0.1) is 0 Å². The van der Waals surface area contributed by atoms with Gasteiger partial charge in [0.05, 0.1) is 12.7 Å². The third kappa shape index (κ3) is 3.74. The van der Waals surface area contributed by atoms with Crippen molar-refractivity contribution in [3.63, 3.8) is 0 Å². The summed E-state index contributed by atoms with van der Waals surface area (Å²) in [7, 11) is 1.54. The molecule has 0 aliphatic carbocycles. The standard InChI is InChI=1S/C20H26O3/c1-4-5-10-16-11-6-7-12-17(16)15(2)20(21,22)18-13-8-9-14-19(18)23-3/h6-9,11-15,21-22H,4-5,10H2,1-3H3. The second kappa shape index (κ2) is 7.62. The Kier molecular flexibility index (Phi) is 5.80. The predicted octanol–water partition coefficient (Wildman–Crippen LogP) is 3.98. The second-order valence-corrected chi connectivity index (χ2v) is 5.95. The molecule has 0 saturated heterocycles. The summed E-state index contributed by atoms with van der Waals surface area (Å²) in [5.74, 6) is -1.98. The van der Waals surface area contributed by atoms with Gasteiger partial charge in [-0.05, 0) is 36.1 Å². The van der Waals surface area contributed by atoms with E-state index in [1.807, 2.05) is 31.2 Å².